The molecule has 4 heteroatoms. The summed E-state index contributed by atoms with van der Waals surface area (Å²) in [5.74, 6) is 0.698. The Kier molecular flexibility index (Phi) is 4.77. The largest absolute Gasteiger partial charge is 0.485 e. The number of carbonyl (C=O) groups excluding carboxylic acids is 1. The fraction of sp³-hybridized carbons (Fsp3) is 0.133. The molecule has 0 aromatic heterocycles. The highest BCUT2D eigenvalue weighted by Gasteiger charge is 2.08. The molecule has 0 aliphatic heterocycles. The van der Waals surface area contributed by atoms with E-state index in [4.69, 9.17) is 4.74 Å². The Labute approximate surface area is 129 Å². The van der Waals surface area contributed by atoms with Crippen molar-refractivity contribution in [1.82, 2.24) is 0 Å². The van der Waals surface area contributed by atoms with E-state index in [1.54, 1.807) is 12.1 Å². The Morgan fingerprint density at radius 2 is 1.68 bits per heavy atom. The van der Waals surface area contributed by atoms with E-state index in [0.29, 0.717) is 5.56 Å². The molecule has 0 spiro atoms. The van der Waals surface area contributed by atoms with Gasteiger partial charge in [0, 0.05) is 14.5 Å². The number of Topliss-reactive ketones (excluding diaryl/α,β-unsaturated/α-hetero) is 1. The zero-order valence-corrected chi connectivity index (χ0v) is 13.5. The van der Waals surface area contributed by atoms with Crippen molar-refractivity contribution in [2.75, 3.05) is 6.61 Å². The fourth-order valence-corrected chi connectivity index (χ4v) is 2.38. The van der Waals surface area contributed by atoms with Crippen LogP contribution in [0.3, 0.4) is 0 Å². The van der Waals surface area contributed by atoms with Gasteiger partial charge in [-0.2, -0.15) is 0 Å². The maximum Gasteiger partial charge on any atom is 0.200 e. The SMILES string of the molecule is Cc1cc(Br)ccc1OCC(=O)c1ccc(Br)cc1. The average Bonchev–Trinajstić information content (AvgIpc) is 2.38. The molecule has 0 heterocycles. The molecule has 0 unspecified atom stereocenters. The number of benzene rings is 2. The van der Waals surface area contributed by atoms with Gasteiger partial charge in [0.2, 0.25) is 0 Å². The minimum absolute atomic E-state index is 0.0326. The third-order valence-electron chi connectivity index (χ3n) is 2.66. The van der Waals surface area contributed by atoms with Gasteiger partial charge >= 0.3 is 0 Å². The first-order valence-electron chi connectivity index (χ1n) is 5.74. The van der Waals surface area contributed by atoms with Crippen molar-refractivity contribution in [3.63, 3.8) is 0 Å². The smallest absolute Gasteiger partial charge is 0.200 e. The molecule has 2 nitrogen and oxygen atoms in total. The zero-order valence-electron chi connectivity index (χ0n) is 10.3. The Morgan fingerprint density at radius 3 is 2.32 bits per heavy atom. The quantitative estimate of drug-likeness (QED) is 0.710. The lowest BCUT2D eigenvalue weighted by Crippen LogP contribution is -2.11. The number of ether oxygens (including phenoxy) is 1. The van der Waals surface area contributed by atoms with E-state index in [9.17, 15) is 4.79 Å². The summed E-state index contributed by atoms with van der Waals surface area (Å²) in [6.07, 6.45) is 0. The van der Waals surface area contributed by atoms with E-state index < -0.39 is 0 Å². The fourth-order valence-electron chi connectivity index (χ4n) is 1.64. The van der Waals surface area contributed by atoms with Gasteiger partial charge in [0.15, 0.2) is 12.4 Å². The number of hydrogen-bond donors (Lipinski definition) is 0. The van der Waals surface area contributed by atoms with Crippen LogP contribution in [0.25, 0.3) is 0 Å². The van der Waals surface area contributed by atoms with Crippen molar-refractivity contribution in [1.29, 1.82) is 0 Å². The molecular formula is C15H12Br2O2. The molecule has 19 heavy (non-hydrogen) atoms. The summed E-state index contributed by atoms with van der Waals surface area (Å²) in [5.41, 5.74) is 1.65. The molecule has 0 N–H and O–H groups in total. The van der Waals surface area contributed by atoms with Crippen LogP contribution in [0.2, 0.25) is 0 Å². The molecular weight excluding hydrogens is 372 g/mol. The molecule has 0 fully saturated rings. The summed E-state index contributed by atoms with van der Waals surface area (Å²) in [6, 6.07) is 13.0. The van der Waals surface area contributed by atoms with E-state index in [1.807, 2.05) is 37.3 Å². The summed E-state index contributed by atoms with van der Waals surface area (Å²) in [4.78, 5) is 12.0. The van der Waals surface area contributed by atoms with Crippen molar-refractivity contribution in [2.24, 2.45) is 0 Å². The van der Waals surface area contributed by atoms with Crippen LogP contribution in [-0.4, -0.2) is 12.4 Å². The molecule has 2 rings (SSSR count). The van der Waals surface area contributed by atoms with Gasteiger partial charge in [-0.05, 0) is 42.8 Å². The van der Waals surface area contributed by atoms with Gasteiger partial charge in [-0.25, -0.2) is 0 Å². The van der Waals surface area contributed by atoms with E-state index >= 15 is 0 Å². The third-order valence-corrected chi connectivity index (χ3v) is 3.68. The first-order valence-corrected chi connectivity index (χ1v) is 7.32. The van der Waals surface area contributed by atoms with Gasteiger partial charge in [0.1, 0.15) is 5.75 Å². The summed E-state index contributed by atoms with van der Waals surface area (Å²) >= 11 is 6.73. The van der Waals surface area contributed by atoms with Crippen molar-refractivity contribution in [3.05, 3.63) is 62.5 Å². The first kappa shape index (κ1) is 14.3. The number of hydrogen-bond acceptors (Lipinski definition) is 2. The second kappa shape index (κ2) is 6.35. The Bertz CT molecular complexity index is 592. The Morgan fingerprint density at radius 1 is 1.05 bits per heavy atom. The molecule has 2 aromatic rings. The molecule has 0 radical (unpaired) electrons. The topological polar surface area (TPSA) is 26.3 Å². The molecule has 0 atom stereocenters. The van der Waals surface area contributed by atoms with Crippen LogP contribution < -0.4 is 4.74 Å². The second-order valence-corrected chi connectivity index (χ2v) is 5.96. The number of rotatable bonds is 4. The molecule has 0 saturated carbocycles. The van der Waals surface area contributed by atoms with Crippen molar-refractivity contribution in [3.8, 4) is 5.75 Å². The number of ketones is 1. The van der Waals surface area contributed by atoms with Crippen molar-refractivity contribution >= 4 is 37.6 Å². The second-order valence-electron chi connectivity index (χ2n) is 4.13. The lowest BCUT2D eigenvalue weighted by molar-refractivity contribution is 0.0921. The normalized spacial score (nSPS) is 10.3. The molecule has 0 bridgehead atoms. The standard InChI is InChI=1S/C15H12Br2O2/c1-10-8-13(17)6-7-15(10)19-9-14(18)11-2-4-12(16)5-3-11/h2-8H,9H2,1H3. The van der Waals surface area contributed by atoms with Crippen molar-refractivity contribution in [2.45, 2.75) is 6.92 Å². The van der Waals surface area contributed by atoms with Crippen LogP contribution in [-0.2, 0) is 0 Å². The van der Waals surface area contributed by atoms with E-state index in [1.165, 1.54) is 0 Å². The third kappa shape index (κ3) is 3.91. The maximum atomic E-state index is 12.0. The van der Waals surface area contributed by atoms with Gasteiger partial charge < -0.3 is 4.74 Å². The molecule has 0 aliphatic carbocycles. The lowest BCUT2D eigenvalue weighted by Gasteiger charge is -2.08. The van der Waals surface area contributed by atoms with Crippen LogP contribution in [0.4, 0.5) is 0 Å². The molecule has 98 valence electrons. The molecule has 2 aromatic carbocycles. The Balaban J connectivity index is 2.02. The lowest BCUT2D eigenvalue weighted by atomic mass is 10.1. The highest BCUT2D eigenvalue weighted by atomic mass is 79.9. The van der Waals surface area contributed by atoms with Crippen LogP contribution in [0, 0.1) is 6.92 Å². The predicted octanol–water partition coefficient (Wildman–Crippen LogP) is 4.78. The Hall–Kier alpha value is -1.13. The molecule has 0 amide bonds. The number of halogens is 2. The number of aryl methyl sites for hydroxylation is 1. The van der Waals surface area contributed by atoms with Crippen LogP contribution in [0.5, 0.6) is 5.75 Å². The molecule has 0 saturated heterocycles. The average molecular weight is 384 g/mol. The van der Waals surface area contributed by atoms with E-state index in [2.05, 4.69) is 31.9 Å². The summed E-state index contributed by atoms with van der Waals surface area (Å²) in [5, 5.41) is 0. The zero-order chi connectivity index (χ0) is 13.8. The van der Waals surface area contributed by atoms with Crippen LogP contribution in [0.1, 0.15) is 15.9 Å². The van der Waals surface area contributed by atoms with E-state index in [-0.39, 0.29) is 12.4 Å². The predicted molar refractivity (Wildman–Crippen MR) is 82.8 cm³/mol. The first-order chi connectivity index (χ1) is 9.06. The van der Waals surface area contributed by atoms with E-state index in [0.717, 1.165) is 20.3 Å². The highest BCUT2D eigenvalue weighted by Crippen LogP contribution is 2.22. The summed E-state index contributed by atoms with van der Waals surface area (Å²) < 4.78 is 7.51. The molecule has 0 aliphatic rings. The summed E-state index contributed by atoms with van der Waals surface area (Å²) in [7, 11) is 0. The van der Waals surface area contributed by atoms with Gasteiger partial charge in [0.25, 0.3) is 0 Å². The van der Waals surface area contributed by atoms with Crippen LogP contribution in [0.15, 0.2) is 51.4 Å². The summed E-state index contributed by atoms with van der Waals surface area (Å²) in [6.45, 7) is 1.99. The minimum Gasteiger partial charge on any atom is -0.485 e. The monoisotopic (exact) mass is 382 g/mol. The van der Waals surface area contributed by atoms with Crippen LogP contribution >= 0.6 is 31.9 Å². The van der Waals surface area contributed by atoms with Crippen molar-refractivity contribution < 1.29 is 9.53 Å². The van der Waals surface area contributed by atoms with Gasteiger partial charge in [0.05, 0.1) is 0 Å². The maximum absolute atomic E-state index is 12.0. The van der Waals surface area contributed by atoms with Gasteiger partial charge in [-0.1, -0.05) is 44.0 Å². The van der Waals surface area contributed by atoms with Gasteiger partial charge in [-0.3, -0.25) is 4.79 Å². The number of carbonyl (C=O) groups is 1. The highest BCUT2D eigenvalue weighted by molar-refractivity contribution is 9.10. The minimum atomic E-state index is -0.0326. The van der Waals surface area contributed by atoms with Gasteiger partial charge in [-0.15, -0.1) is 0 Å².